The van der Waals surface area contributed by atoms with E-state index in [1.807, 2.05) is 12.1 Å². The molecule has 31 heavy (non-hydrogen) atoms. The molecule has 0 saturated carbocycles. The van der Waals surface area contributed by atoms with Crippen molar-refractivity contribution in [3.05, 3.63) is 67.2 Å². The van der Waals surface area contributed by atoms with Gasteiger partial charge in [0.25, 0.3) is 0 Å². The maximum atomic E-state index is 11.5. The molecule has 0 heterocycles. The summed E-state index contributed by atoms with van der Waals surface area (Å²) in [5.74, 6) is -1.50. The van der Waals surface area contributed by atoms with Crippen LogP contribution in [0.5, 0.6) is 5.75 Å². The van der Waals surface area contributed by atoms with Gasteiger partial charge in [0.2, 0.25) is 0 Å². The number of carboxylic acids is 1. The zero-order valence-corrected chi connectivity index (χ0v) is 18.4. The Hall–Kier alpha value is -2.39. The number of nitro groups is 1. The molecular weight excluding hydrogens is 449 g/mol. The number of aromatic carboxylic acids is 1. The third-order valence-electron chi connectivity index (χ3n) is 5.51. The van der Waals surface area contributed by atoms with Gasteiger partial charge >= 0.3 is 11.7 Å². The van der Waals surface area contributed by atoms with Crippen molar-refractivity contribution in [2.75, 3.05) is 20.8 Å². The van der Waals surface area contributed by atoms with Crippen LogP contribution in [0.25, 0.3) is 0 Å². The van der Waals surface area contributed by atoms with Crippen molar-refractivity contribution < 1.29 is 29.0 Å². The molecule has 0 saturated heterocycles. The van der Waals surface area contributed by atoms with E-state index in [-0.39, 0.29) is 22.9 Å². The summed E-state index contributed by atoms with van der Waals surface area (Å²) in [7, 11) is 3.03. The summed E-state index contributed by atoms with van der Waals surface area (Å²) in [6.45, 7) is -0.0163. The maximum absolute atomic E-state index is 11.5. The Morgan fingerprint density at radius 3 is 2.58 bits per heavy atom. The number of aryl methyl sites for hydroxylation is 1. The predicted molar refractivity (Wildman–Crippen MR) is 114 cm³/mol. The van der Waals surface area contributed by atoms with Crippen LogP contribution in [0.4, 0.5) is 5.69 Å². The predicted octanol–water partition coefficient (Wildman–Crippen LogP) is 4.87. The first kappa shape index (κ1) is 23.3. The summed E-state index contributed by atoms with van der Waals surface area (Å²) < 4.78 is 17.1. The molecule has 166 valence electrons. The summed E-state index contributed by atoms with van der Waals surface area (Å²) >= 11 is 12.2. The lowest BCUT2D eigenvalue weighted by atomic mass is 9.69. The number of hydrogen-bond donors (Lipinski definition) is 1. The number of methoxy groups -OCH3 is 2. The van der Waals surface area contributed by atoms with E-state index in [1.54, 1.807) is 6.07 Å². The van der Waals surface area contributed by atoms with E-state index in [1.165, 1.54) is 14.2 Å². The molecule has 0 amide bonds. The molecule has 1 aliphatic rings. The fraction of sp³-hybridized carbons (Fsp3) is 0.381. The molecule has 0 fully saturated rings. The van der Waals surface area contributed by atoms with Gasteiger partial charge in [0.15, 0.2) is 12.0 Å². The van der Waals surface area contributed by atoms with Gasteiger partial charge in [-0.3, -0.25) is 10.1 Å². The molecule has 2 aromatic rings. The van der Waals surface area contributed by atoms with Crippen LogP contribution < -0.4 is 4.74 Å². The highest BCUT2D eigenvalue weighted by molar-refractivity contribution is 6.33. The first-order valence-electron chi connectivity index (χ1n) is 9.42. The molecular formula is C21H21Cl2NO7. The fourth-order valence-corrected chi connectivity index (χ4v) is 4.60. The molecule has 1 aliphatic carbocycles. The van der Waals surface area contributed by atoms with Crippen molar-refractivity contribution >= 4 is 34.9 Å². The zero-order chi connectivity index (χ0) is 22.8. The standard InChI is InChI=1S/C21H21Cl2NO7/c1-29-20(30-2)21(7-3-4-12-8-13(22)5-6-15(12)21)11-31-18-10-16(23)14(19(25)26)9-17(18)24(27)28/h5-6,8-10,20H,3-4,7,11H2,1-2H3,(H,25,26). The largest absolute Gasteiger partial charge is 0.486 e. The van der Waals surface area contributed by atoms with Gasteiger partial charge in [-0.05, 0) is 42.5 Å². The minimum atomic E-state index is -1.37. The highest BCUT2D eigenvalue weighted by Crippen LogP contribution is 2.44. The number of halogens is 2. The minimum absolute atomic E-state index is 0.0163. The normalized spacial score (nSPS) is 18.0. The Kier molecular flexibility index (Phi) is 7.06. The lowest BCUT2D eigenvalue weighted by molar-refractivity contribution is -0.386. The number of fused-ring (bicyclic) bond motifs is 1. The van der Waals surface area contributed by atoms with Crippen molar-refractivity contribution in [3.8, 4) is 5.75 Å². The van der Waals surface area contributed by atoms with Gasteiger partial charge in [-0.1, -0.05) is 29.3 Å². The maximum Gasteiger partial charge on any atom is 0.337 e. The molecule has 0 spiro atoms. The van der Waals surface area contributed by atoms with Gasteiger partial charge in [-0.15, -0.1) is 0 Å². The molecule has 0 aromatic heterocycles. The van der Waals surface area contributed by atoms with Gasteiger partial charge < -0.3 is 19.3 Å². The lowest BCUT2D eigenvalue weighted by Gasteiger charge is -2.42. The topological polar surface area (TPSA) is 108 Å². The van der Waals surface area contributed by atoms with Crippen LogP contribution in [0.15, 0.2) is 30.3 Å². The molecule has 0 bridgehead atoms. The lowest BCUT2D eigenvalue weighted by Crippen LogP contribution is -2.49. The van der Waals surface area contributed by atoms with Gasteiger partial charge in [0, 0.05) is 31.4 Å². The highest BCUT2D eigenvalue weighted by Gasteiger charge is 2.46. The molecule has 1 unspecified atom stereocenters. The number of rotatable bonds is 8. The van der Waals surface area contributed by atoms with Crippen molar-refractivity contribution in [1.29, 1.82) is 0 Å². The molecule has 0 aliphatic heterocycles. The average molecular weight is 470 g/mol. The van der Waals surface area contributed by atoms with Crippen molar-refractivity contribution in [2.24, 2.45) is 0 Å². The Bertz CT molecular complexity index is 1010. The highest BCUT2D eigenvalue weighted by atomic mass is 35.5. The number of nitrogens with zero attached hydrogens (tertiary/aromatic N) is 1. The number of carboxylic acid groups (broad SMARTS) is 1. The number of ether oxygens (including phenoxy) is 3. The molecule has 0 radical (unpaired) electrons. The monoisotopic (exact) mass is 469 g/mol. The third-order valence-corrected chi connectivity index (χ3v) is 6.06. The van der Waals surface area contributed by atoms with E-state index >= 15 is 0 Å². The molecule has 3 rings (SSSR count). The van der Waals surface area contributed by atoms with Crippen LogP contribution in [-0.4, -0.2) is 43.1 Å². The molecule has 1 N–H and O–H groups in total. The van der Waals surface area contributed by atoms with Crippen molar-refractivity contribution in [3.63, 3.8) is 0 Å². The van der Waals surface area contributed by atoms with Crippen molar-refractivity contribution in [1.82, 2.24) is 0 Å². The molecule has 1 atom stereocenters. The SMILES string of the molecule is COC(OC)C1(COc2cc(Cl)c(C(=O)O)cc2[N+](=O)[O-])CCCc2cc(Cl)ccc21. The molecule has 8 nitrogen and oxygen atoms in total. The number of carbonyl (C=O) groups is 1. The second-order valence-corrected chi connectivity index (χ2v) is 8.11. The van der Waals surface area contributed by atoms with Crippen LogP contribution in [0.2, 0.25) is 10.0 Å². The first-order valence-corrected chi connectivity index (χ1v) is 10.2. The van der Waals surface area contributed by atoms with Gasteiger partial charge in [0.1, 0.15) is 6.61 Å². The zero-order valence-electron chi connectivity index (χ0n) is 16.9. The summed E-state index contributed by atoms with van der Waals surface area (Å²) in [4.78, 5) is 22.1. The van der Waals surface area contributed by atoms with E-state index in [9.17, 15) is 20.0 Å². The van der Waals surface area contributed by atoms with Crippen LogP contribution in [0.3, 0.4) is 0 Å². The van der Waals surface area contributed by atoms with E-state index in [0.29, 0.717) is 11.4 Å². The minimum Gasteiger partial charge on any atom is -0.486 e. The third kappa shape index (κ3) is 4.48. The summed E-state index contributed by atoms with van der Waals surface area (Å²) in [6, 6.07) is 7.58. The van der Waals surface area contributed by atoms with E-state index in [0.717, 1.165) is 36.1 Å². The van der Waals surface area contributed by atoms with E-state index in [4.69, 9.17) is 37.4 Å². The molecule has 2 aromatic carbocycles. The van der Waals surface area contributed by atoms with Crippen LogP contribution >= 0.6 is 23.2 Å². The smallest absolute Gasteiger partial charge is 0.337 e. The average Bonchev–Trinajstić information content (AvgIpc) is 2.72. The summed E-state index contributed by atoms with van der Waals surface area (Å²) in [5.41, 5.74) is 0.311. The summed E-state index contributed by atoms with van der Waals surface area (Å²) in [5, 5.41) is 21.2. The fourth-order valence-electron chi connectivity index (χ4n) is 4.17. The van der Waals surface area contributed by atoms with E-state index < -0.39 is 28.3 Å². The van der Waals surface area contributed by atoms with E-state index in [2.05, 4.69) is 0 Å². The Morgan fingerprint density at radius 1 is 1.26 bits per heavy atom. The molecule has 10 heteroatoms. The second-order valence-electron chi connectivity index (χ2n) is 7.27. The van der Waals surface area contributed by atoms with Gasteiger partial charge in [-0.2, -0.15) is 0 Å². The Morgan fingerprint density at radius 2 is 1.97 bits per heavy atom. The quantitative estimate of drug-likeness (QED) is 0.333. The van der Waals surface area contributed by atoms with Gasteiger partial charge in [0.05, 0.1) is 20.9 Å². The Labute approximate surface area is 188 Å². The number of benzene rings is 2. The van der Waals surface area contributed by atoms with Crippen molar-refractivity contribution in [2.45, 2.75) is 31.0 Å². The van der Waals surface area contributed by atoms with Crippen LogP contribution in [0.1, 0.15) is 34.3 Å². The van der Waals surface area contributed by atoms with Crippen LogP contribution in [0, 0.1) is 10.1 Å². The second kappa shape index (κ2) is 9.40. The van der Waals surface area contributed by atoms with Crippen LogP contribution in [-0.2, 0) is 21.3 Å². The first-order chi connectivity index (χ1) is 14.7. The van der Waals surface area contributed by atoms with Gasteiger partial charge in [-0.25, -0.2) is 4.79 Å². The number of nitro benzene ring substituents is 1. The Balaban J connectivity index is 2.06. The summed E-state index contributed by atoms with van der Waals surface area (Å²) in [6.07, 6.45) is 1.57. The number of hydrogen-bond acceptors (Lipinski definition) is 6.